The maximum absolute atomic E-state index is 12.6. The molecule has 0 spiro atoms. The summed E-state index contributed by atoms with van der Waals surface area (Å²) in [6, 6.07) is 4.57. The molecular formula is C11H14FNO3S. The predicted molar refractivity (Wildman–Crippen MR) is 61.8 cm³/mol. The summed E-state index contributed by atoms with van der Waals surface area (Å²) in [7, 11) is -0.395. The van der Waals surface area contributed by atoms with Crippen molar-refractivity contribution in [2.45, 2.75) is 11.3 Å². The number of carbonyl (C=O) groups is 1. The topological polar surface area (TPSA) is 54.5 Å². The van der Waals surface area contributed by atoms with Crippen molar-refractivity contribution in [2.24, 2.45) is 0 Å². The quantitative estimate of drug-likeness (QED) is 0.760. The van der Waals surface area contributed by atoms with Crippen molar-refractivity contribution >= 4 is 15.7 Å². The zero-order valence-electron chi connectivity index (χ0n) is 9.68. The highest BCUT2D eigenvalue weighted by molar-refractivity contribution is 7.91. The van der Waals surface area contributed by atoms with Crippen molar-refractivity contribution in [2.75, 3.05) is 19.8 Å². The molecule has 0 N–H and O–H groups in total. The number of sulfone groups is 1. The molecule has 0 saturated carbocycles. The smallest absolute Gasteiger partial charge is 0.223 e. The SMILES string of the molecule is CN(C)C(=O)CCS(=O)(=O)c1ccc(F)cc1. The molecule has 17 heavy (non-hydrogen) atoms. The molecule has 0 aromatic heterocycles. The van der Waals surface area contributed by atoms with Gasteiger partial charge < -0.3 is 4.90 Å². The van der Waals surface area contributed by atoms with Gasteiger partial charge in [-0.2, -0.15) is 0 Å². The van der Waals surface area contributed by atoms with E-state index in [1.54, 1.807) is 14.1 Å². The van der Waals surface area contributed by atoms with E-state index in [4.69, 9.17) is 0 Å². The second-order valence-corrected chi connectivity index (χ2v) is 5.92. The lowest BCUT2D eigenvalue weighted by Crippen LogP contribution is -2.24. The summed E-state index contributed by atoms with van der Waals surface area (Å²) in [6.45, 7) is 0. The van der Waals surface area contributed by atoms with Crippen molar-refractivity contribution < 1.29 is 17.6 Å². The highest BCUT2D eigenvalue weighted by Gasteiger charge is 2.17. The van der Waals surface area contributed by atoms with Crippen LogP contribution in [0.15, 0.2) is 29.2 Å². The summed E-state index contributed by atoms with van der Waals surface area (Å²) < 4.78 is 36.2. The molecule has 0 bridgehead atoms. The number of rotatable bonds is 4. The number of hydrogen-bond donors (Lipinski definition) is 0. The zero-order valence-corrected chi connectivity index (χ0v) is 10.5. The molecule has 4 nitrogen and oxygen atoms in total. The van der Waals surface area contributed by atoms with Gasteiger partial charge in [-0.25, -0.2) is 12.8 Å². The summed E-state index contributed by atoms with van der Waals surface area (Å²) in [5, 5.41) is 0. The molecule has 0 aliphatic carbocycles. The van der Waals surface area contributed by atoms with Gasteiger partial charge in [0.15, 0.2) is 9.84 Å². The molecule has 0 unspecified atom stereocenters. The Morgan fingerprint density at radius 3 is 2.24 bits per heavy atom. The summed E-state index contributed by atoms with van der Waals surface area (Å²) in [6.07, 6.45) is -0.0767. The number of benzene rings is 1. The van der Waals surface area contributed by atoms with E-state index in [0.29, 0.717) is 0 Å². The van der Waals surface area contributed by atoms with E-state index in [0.717, 1.165) is 12.1 Å². The van der Waals surface area contributed by atoms with Crippen LogP contribution in [0.4, 0.5) is 4.39 Å². The van der Waals surface area contributed by atoms with Gasteiger partial charge in [-0.1, -0.05) is 0 Å². The molecule has 1 aromatic carbocycles. The van der Waals surface area contributed by atoms with Gasteiger partial charge in [0.05, 0.1) is 10.6 Å². The van der Waals surface area contributed by atoms with Crippen LogP contribution in [0.25, 0.3) is 0 Å². The molecular weight excluding hydrogens is 245 g/mol. The molecule has 0 aliphatic heterocycles. The molecule has 94 valence electrons. The Bertz CT molecular complexity index is 494. The minimum atomic E-state index is -3.52. The highest BCUT2D eigenvalue weighted by atomic mass is 32.2. The molecule has 1 rings (SSSR count). The van der Waals surface area contributed by atoms with E-state index >= 15 is 0 Å². The lowest BCUT2D eigenvalue weighted by Gasteiger charge is -2.10. The summed E-state index contributed by atoms with van der Waals surface area (Å²) in [5.41, 5.74) is 0. The average molecular weight is 259 g/mol. The minimum absolute atomic E-state index is 0.0328. The maximum Gasteiger partial charge on any atom is 0.223 e. The van der Waals surface area contributed by atoms with Crippen LogP contribution in [0, 0.1) is 5.82 Å². The Labute approximate surface area is 100.0 Å². The van der Waals surface area contributed by atoms with Crippen molar-refractivity contribution in [1.82, 2.24) is 4.90 Å². The van der Waals surface area contributed by atoms with E-state index in [2.05, 4.69) is 0 Å². The third kappa shape index (κ3) is 3.81. The van der Waals surface area contributed by atoms with Crippen molar-refractivity contribution in [3.8, 4) is 0 Å². The average Bonchev–Trinajstić information content (AvgIpc) is 2.26. The van der Waals surface area contributed by atoms with Gasteiger partial charge in [0.1, 0.15) is 5.82 Å². The molecule has 0 fully saturated rings. The van der Waals surface area contributed by atoms with Crippen LogP contribution in [0.5, 0.6) is 0 Å². The first-order chi connectivity index (χ1) is 7.83. The van der Waals surface area contributed by atoms with Crippen LogP contribution in [-0.4, -0.2) is 39.1 Å². The molecule has 6 heteroatoms. The Kier molecular flexibility index (Phi) is 4.22. The number of nitrogens with zero attached hydrogens (tertiary/aromatic N) is 1. The lowest BCUT2D eigenvalue weighted by molar-refractivity contribution is -0.128. The van der Waals surface area contributed by atoms with Gasteiger partial charge in [-0.05, 0) is 24.3 Å². The van der Waals surface area contributed by atoms with Crippen molar-refractivity contribution in [3.63, 3.8) is 0 Å². The molecule has 0 aliphatic rings. The van der Waals surface area contributed by atoms with Gasteiger partial charge >= 0.3 is 0 Å². The fraction of sp³-hybridized carbons (Fsp3) is 0.364. The Morgan fingerprint density at radius 2 is 1.76 bits per heavy atom. The fourth-order valence-electron chi connectivity index (χ4n) is 1.21. The lowest BCUT2D eigenvalue weighted by atomic mass is 10.4. The monoisotopic (exact) mass is 259 g/mol. The summed E-state index contributed by atoms with van der Waals surface area (Å²) in [5.74, 6) is -1.01. The van der Waals surface area contributed by atoms with Gasteiger partial charge in [-0.3, -0.25) is 4.79 Å². The van der Waals surface area contributed by atoms with Crippen LogP contribution in [-0.2, 0) is 14.6 Å². The predicted octanol–water partition coefficient (Wildman–Crippen LogP) is 1.08. The Balaban J connectivity index is 2.76. The number of halogens is 1. The van der Waals surface area contributed by atoms with Crippen molar-refractivity contribution in [1.29, 1.82) is 0 Å². The number of amides is 1. The molecule has 1 amide bonds. The summed E-state index contributed by atoms with van der Waals surface area (Å²) in [4.78, 5) is 12.6. The van der Waals surface area contributed by atoms with Crippen LogP contribution in [0.3, 0.4) is 0 Å². The van der Waals surface area contributed by atoms with Crippen LogP contribution >= 0.6 is 0 Å². The van der Waals surface area contributed by atoms with Gasteiger partial charge in [0.2, 0.25) is 5.91 Å². The first kappa shape index (κ1) is 13.6. The maximum atomic E-state index is 12.6. The fourth-order valence-corrected chi connectivity index (χ4v) is 2.43. The van der Waals surface area contributed by atoms with E-state index < -0.39 is 15.7 Å². The molecule has 0 atom stereocenters. The molecule has 0 saturated heterocycles. The Hall–Kier alpha value is -1.43. The van der Waals surface area contributed by atoms with Gasteiger partial charge in [0, 0.05) is 20.5 Å². The standard InChI is InChI=1S/C11H14FNO3S/c1-13(2)11(14)7-8-17(15,16)10-5-3-9(12)4-6-10/h3-6H,7-8H2,1-2H3. The number of carbonyl (C=O) groups excluding carboxylic acids is 1. The third-order valence-corrected chi connectivity index (χ3v) is 3.99. The van der Waals surface area contributed by atoms with Crippen LogP contribution < -0.4 is 0 Å². The van der Waals surface area contributed by atoms with E-state index in [-0.39, 0.29) is 23.0 Å². The third-order valence-electron chi connectivity index (χ3n) is 2.26. The number of hydrogen-bond acceptors (Lipinski definition) is 3. The molecule has 0 radical (unpaired) electrons. The second kappa shape index (κ2) is 5.27. The minimum Gasteiger partial charge on any atom is -0.349 e. The first-order valence-electron chi connectivity index (χ1n) is 5.01. The van der Waals surface area contributed by atoms with Gasteiger partial charge in [-0.15, -0.1) is 0 Å². The zero-order chi connectivity index (χ0) is 13.1. The summed E-state index contributed by atoms with van der Waals surface area (Å²) >= 11 is 0. The normalized spacial score (nSPS) is 11.2. The van der Waals surface area contributed by atoms with E-state index in [1.807, 2.05) is 0 Å². The molecule has 1 aromatic rings. The van der Waals surface area contributed by atoms with Crippen LogP contribution in [0.2, 0.25) is 0 Å². The Morgan fingerprint density at radius 1 is 1.24 bits per heavy atom. The van der Waals surface area contributed by atoms with Crippen molar-refractivity contribution in [3.05, 3.63) is 30.1 Å². The largest absolute Gasteiger partial charge is 0.349 e. The molecule has 0 heterocycles. The van der Waals surface area contributed by atoms with E-state index in [9.17, 15) is 17.6 Å². The second-order valence-electron chi connectivity index (χ2n) is 3.81. The van der Waals surface area contributed by atoms with E-state index in [1.165, 1.54) is 17.0 Å². The first-order valence-corrected chi connectivity index (χ1v) is 6.66. The highest BCUT2D eigenvalue weighted by Crippen LogP contribution is 2.13. The van der Waals surface area contributed by atoms with Crippen LogP contribution in [0.1, 0.15) is 6.42 Å². The van der Waals surface area contributed by atoms with Gasteiger partial charge in [0.25, 0.3) is 0 Å².